The van der Waals surface area contributed by atoms with E-state index in [1.807, 2.05) is 0 Å². The summed E-state index contributed by atoms with van der Waals surface area (Å²) in [5, 5.41) is 3.80. The Morgan fingerprint density at radius 2 is 1.76 bits per heavy atom. The number of para-hydroxylation sites is 1. The molecule has 0 bridgehead atoms. The van der Waals surface area contributed by atoms with Crippen LogP contribution in [0.4, 0.5) is 5.69 Å². The van der Waals surface area contributed by atoms with E-state index >= 15 is 0 Å². The van der Waals surface area contributed by atoms with Crippen molar-refractivity contribution in [2.24, 2.45) is 0 Å². The second-order valence-electron chi connectivity index (χ2n) is 5.06. The van der Waals surface area contributed by atoms with Crippen molar-refractivity contribution >= 4 is 58.4 Å². The second kappa shape index (κ2) is 8.90. The van der Waals surface area contributed by atoms with Crippen molar-refractivity contribution < 1.29 is 14.3 Å². The van der Waals surface area contributed by atoms with Crippen molar-refractivity contribution in [1.29, 1.82) is 0 Å². The van der Waals surface area contributed by atoms with Gasteiger partial charge in [-0.05, 0) is 42.8 Å². The molecule has 1 N–H and O–H groups in total. The number of anilines is 1. The number of benzene rings is 2. The average molecular weight is 399 g/mol. The van der Waals surface area contributed by atoms with Gasteiger partial charge in [0.25, 0.3) is 5.91 Å². The van der Waals surface area contributed by atoms with Gasteiger partial charge in [0.2, 0.25) is 0 Å². The van der Waals surface area contributed by atoms with Gasteiger partial charge < -0.3 is 10.1 Å². The van der Waals surface area contributed by atoms with Gasteiger partial charge in [-0.15, -0.1) is 0 Å². The summed E-state index contributed by atoms with van der Waals surface area (Å²) < 4.78 is 5.06. The molecule has 0 saturated heterocycles. The van der Waals surface area contributed by atoms with E-state index in [-0.39, 0.29) is 0 Å². The molecule has 0 aliphatic heterocycles. The van der Waals surface area contributed by atoms with Crippen molar-refractivity contribution in [3.63, 3.8) is 0 Å². The zero-order valence-electron chi connectivity index (χ0n) is 13.1. The summed E-state index contributed by atoms with van der Waals surface area (Å²) in [4.78, 5) is 23.9. The van der Waals surface area contributed by atoms with Crippen molar-refractivity contribution in [2.45, 2.75) is 13.0 Å². The predicted molar refractivity (Wildman–Crippen MR) is 101 cm³/mol. The van der Waals surface area contributed by atoms with Crippen molar-refractivity contribution in [2.75, 3.05) is 5.32 Å². The SMILES string of the molecule is CC(OC(=O)/C=C/c1ccc(Cl)c(Cl)c1)C(=O)Nc1ccccc1Cl. The molecular weight excluding hydrogens is 385 g/mol. The number of amides is 1. The maximum Gasteiger partial charge on any atom is 0.331 e. The first kappa shape index (κ1) is 19.3. The minimum atomic E-state index is -0.984. The fourth-order valence-electron chi connectivity index (χ4n) is 1.84. The molecule has 0 fully saturated rings. The van der Waals surface area contributed by atoms with Crippen LogP contribution in [0.1, 0.15) is 12.5 Å². The number of hydrogen-bond donors (Lipinski definition) is 1. The number of ether oxygens (including phenoxy) is 1. The molecule has 130 valence electrons. The first-order valence-corrected chi connectivity index (χ1v) is 8.39. The lowest BCUT2D eigenvalue weighted by Gasteiger charge is -2.13. The molecule has 7 heteroatoms. The minimum Gasteiger partial charge on any atom is -0.449 e. The minimum absolute atomic E-state index is 0.379. The van der Waals surface area contributed by atoms with Crippen LogP contribution in [-0.4, -0.2) is 18.0 Å². The van der Waals surface area contributed by atoms with Crippen LogP contribution in [0.5, 0.6) is 0 Å². The van der Waals surface area contributed by atoms with Crippen LogP contribution in [0.3, 0.4) is 0 Å². The van der Waals surface area contributed by atoms with Gasteiger partial charge in [0.1, 0.15) is 0 Å². The van der Waals surface area contributed by atoms with Gasteiger partial charge >= 0.3 is 5.97 Å². The first-order chi connectivity index (χ1) is 11.9. The Morgan fingerprint density at radius 3 is 2.44 bits per heavy atom. The van der Waals surface area contributed by atoms with E-state index in [4.69, 9.17) is 39.5 Å². The molecule has 0 aliphatic rings. The summed E-state index contributed by atoms with van der Waals surface area (Å²) in [5.41, 5.74) is 1.13. The normalized spacial score (nSPS) is 12.0. The van der Waals surface area contributed by atoms with Crippen LogP contribution in [0.15, 0.2) is 48.5 Å². The molecule has 0 heterocycles. The van der Waals surface area contributed by atoms with Crippen LogP contribution in [0, 0.1) is 0 Å². The van der Waals surface area contributed by atoms with Gasteiger partial charge in [0.15, 0.2) is 6.10 Å². The van der Waals surface area contributed by atoms with Crippen LogP contribution >= 0.6 is 34.8 Å². The number of hydrogen-bond acceptors (Lipinski definition) is 3. The predicted octanol–water partition coefficient (Wildman–Crippen LogP) is 5.23. The number of esters is 1. The number of nitrogens with one attached hydrogen (secondary N) is 1. The molecular formula is C18H14Cl3NO3. The Hall–Kier alpha value is -2.01. The molecule has 0 saturated carbocycles. The Bertz CT molecular complexity index is 821. The highest BCUT2D eigenvalue weighted by Gasteiger charge is 2.17. The molecule has 2 aromatic rings. The lowest BCUT2D eigenvalue weighted by Crippen LogP contribution is -2.29. The topological polar surface area (TPSA) is 55.4 Å². The summed E-state index contributed by atoms with van der Waals surface area (Å²) in [7, 11) is 0. The van der Waals surface area contributed by atoms with E-state index in [1.165, 1.54) is 19.1 Å². The molecule has 1 atom stereocenters. The molecule has 1 amide bonds. The highest BCUT2D eigenvalue weighted by Crippen LogP contribution is 2.23. The van der Waals surface area contributed by atoms with Crippen molar-refractivity contribution in [1.82, 2.24) is 0 Å². The Labute approximate surface area is 160 Å². The van der Waals surface area contributed by atoms with Gasteiger partial charge in [-0.3, -0.25) is 4.79 Å². The summed E-state index contributed by atoms with van der Waals surface area (Å²) in [6, 6.07) is 11.7. The highest BCUT2D eigenvalue weighted by atomic mass is 35.5. The second-order valence-corrected chi connectivity index (χ2v) is 6.28. The van der Waals surface area contributed by atoms with E-state index in [1.54, 1.807) is 42.5 Å². The molecule has 25 heavy (non-hydrogen) atoms. The van der Waals surface area contributed by atoms with Crippen molar-refractivity contribution in [3.05, 3.63) is 69.2 Å². The number of carbonyl (C=O) groups excluding carboxylic acids is 2. The van der Waals surface area contributed by atoms with E-state index in [9.17, 15) is 9.59 Å². The van der Waals surface area contributed by atoms with Crippen molar-refractivity contribution in [3.8, 4) is 0 Å². The number of carbonyl (C=O) groups is 2. The van der Waals surface area contributed by atoms with Gasteiger partial charge in [0.05, 0.1) is 20.8 Å². The largest absolute Gasteiger partial charge is 0.449 e. The summed E-state index contributed by atoms with van der Waals surface area (Å²) in [6.07, 6.45) is 1.74. The molecule has 2 aromatic carbocycles. The van der Waals surface area contributed by atoms with E-state index < -0.39 is 18.0 Å². The monoisotopic (exact) mass is 397 g/mol. The molecule has 4 nitrogen and oxygen atoms in total. The summed E-state index contributed by atoms with van der Waals surface area (Å²) >= 11 is 17.7. The lowest BCUT2D eigenvalue weighted by atomic mass is 10.2. The smallest absolute Gasteiger partial charge is 0.331 e. The maximum atomic E-state index is 12.1. The Balaban J connectivity index is 1.92. The third kappa shape index (κ3) is 5.78. The van der Waals surface area contributed by atoms with Crippen LogP contribution in [-0.2, 0) is 14.3 Å². The summed E-state index contributed by atoms with van der Waals surface area (Å²) in [5.74, 6) is -1.14. The lowest BCUT2D eigenvalue weighted by molar-refractivity contribution is -0.148. The molecule has 0 radical (unpaired) electrons. The van der Waals surface area contributed by atoms with E-state index in [2.05, 4.69) is 5.32 Å². The molecule has 0 aromatic heterocycles. The van der Waals surface area contributed by atoms with Gasteiger partial charge in [-0.1, -0.05) is 53.0 Å². The highest BCUT2D eigenvalue weighted by molar-refractivity contribution is 6.42. The number of halogens is 3. The Morgan fingerprint density at radius 1 is 1.04 bits per heavy atom. The zero-order valence-corrected chi connectivity index (χ0v) is 15.4. The zero-order chi connectivity index (χ0) is 18.4. The summed E-state index contributed by atoms with van der Waals surface area (Å²) in [6.45, 7) is 1.47. The fourth-order valence-corrected chi connectivity index (χ4v) is 2.33. The molecule has 2 rings (SSSR count). The van der Waals surface area contributed by atoms with Gasteiger partial charge in [-0.2, -0.15) is 0 Å². The van der Waals surface area contributed by atoms with Gasteiger partial charge in [0, 0.05) is 6.08 Å². The van der Waals surface area contributed by atoms with Crippen LogP contribution in [0.2, 0.25) is 15.1 Å². The standard InChI is InChI=1S/C18H14Cl3NO3/c1-11(18(24)22-16-5-3-2-4-14(16)20)25-17(23)9-7-12-6-8-13(19)15(21)10-12/h2-11H,1H3,(H,22,24)/b9-7+. The average Bonchev–Trinajstić information content (AvgIpc) is 2.58. The van der Waals surface area contributed by atoms with E-state index in [0.29, 0.717) is 26.3 Å². The third-order valence-electron chi connectivity index (χ3n) is 3.15. The quantitative estimate of drug-likeness (QED) is 0.554. The number of rotatable bonds is 5. The molecule has 0 aliphatic carbocycles. The first-order valence-electron chi connectivity index (χ1n) is 7.26. The molecule has 1 unspecified atom stereocenters. The van der Waals surface area contributed by atoms with Crippen LogP contribution in [0.25, 0.3) is 6.08 Å². The molecule has 0 spiro atoms. The fraction of sp³-hybridized carbons (Fsp3) is 0.111. The van der Waals surface area contributed by atoms with Gasteiger partial charge in [-0.25, -0.2) is 4.79 Å². The van der Waals surface area contributed by atoms with Crippen LogP contribution < -0.4 is 5.32 Å². The third-order valence-corrected chi connectivity index (χ3v) is 4.22. The van der Waals surface area contributed by atoms with E-state index in [0.717, 1.165) is 0 Å². The Kier molecular flexibility index (Phi) is 6.88. The maximum absolute atomic E-state index is 12.1.